The molecule has 3 rings (SSSR count). The molecular weight excluding hydrogens is 290 g/mol. The number of carbonyl (C=O) groups is 2. The minimum Gasteiger partial charge on any atom is -0.349 e. The van der Waals surface area contributed by atoms with Crippen molar-refractivity contribution in [2.45, 2.75) is 44.6 Å². The van der Waals surface area contributed by atoms with Crippen molar-refractivity contribution in [2.75, 3.05) is 25.5 Å². The molecule has 1 saturated heterocycles. The van der Waals surface area contributed by atoms with Crippen LogP contribution in [-0.4, -0.2) is 42.9 Å². The maximum atomic E-state index is 12.5. The Labute approximate surface area is 137 Å². The maximum Gasteiger partial charge on any atom is 0.251 e. The molecule has 2 heterocycles. The summed E-state index contributed by atoms with van der Waals surface area (Å²) in [7, 11) is 2.11. The Balaban J connectivity index is 1.76. The number of carbonyl (C=O) groups excluding carboxylic acids is 2. The lowest BCUT2D eigenvalue weighted by Crippen LogP contribution is -2.43. The summed E-state index contributed by atoms with van der Waals surface area (Å²) in [4.78, 5) is 26.6. The van der Waals surface area contributed by atoms with Gasteiger partial charge in [-0.3, -0.25) is 9.59 Å². The number of likely N-dealkylation sites (tertiary alicyclic amines) is 1. The van der Waals surface area contributed by atoms with Gasteiger partial charge in [-0.15, -0.1) is 0 Å². The van der Waals surface area contributed by atoms with Gasteiger partial charge in [-0.2, -0.15) is 0 Å². The number of fused-ring (bicyclic) bond motifs is 1. The molecule has 1 aromatic carbocycles. The molecule has 23 heavy (non-hydrogen) atoms. The Morgan fingerprint density at radius 1 is 1.30 bits per heavy atom. The molecule has 2 aliphatic heterocycles. The van der Waals surface area contributed by atoms with Crippen LogP contribution in [0.2, 0.25) is 0 Å². The van der Waals surface area contributed by atoms with Gasteiger partial charge in [0.1, 0.15) is 0 Å². The SMILES string of the molecule is CN1CCC(NC(=O)c2ccc3c(c2)C(C)(C)CC(=O)N3)CC1. The zero-order valence-electron chi connectivity index (χ0n) is 14.1. The molecule has 0 aliphatic carbocycles. The zero-order chi connectivity index (χ0) is 16.6. The first-order valence-corrected chi connectivity index (χ1v) is 8.29. The van der Waals surface area contributed by atoms with Crippen LogP contribution < -0.4 is 10.6 Å². The fourth-order valence-corrected chi connectivity index (χ4v) is 3.47. The molecule has 0 bridgehead atoms. The smallest absolute Gasteiger partial charge is 0.251 e. The predicted molar refractivity (Wildman–Crippen MR) is 90.7 cm³/mol. The third kappa shape index (κ3) is 3.39. The number of hydrogen-bond donors (Lipinski definition) is 2. The minimum absolute atomic E-state index is 0.0185. The number of nitrogens with zero attached hydrogens (tertiary/aromatic N) is 1. The molecule has 1 aromatic rings. The van der Waals surface area contributed by atoms with Crippen LogP contribution in [-0.2, 0) is 10.2 Å². The first-order valence-electron chi connectivity index (χ1n) is 8.29. The second-order valence-corrected chi connectivity index (χ2v) is 7.42. The number of rotatable bonds is 2. The second kappa shape index (κ2) is 5.96. The Morgan fingerprint density at radius 3 is 2.70 bits per heavy atom. The van der Waals surface area contributed by atoms with Crippen molar-refractivity contribution in [3.63, 3.8) is 0 Å². The number of benzene rings is 1. The van der Waals surface area contributed by atoms with Crippen LogP contribution in [0.15, 0.2) is 18.2 Å². The fourth-order valence-electron chi connectivity index (χ4n) is 3.47. The number of anilines is 1. The van der Waals surface area contributed by atoms with Crippen LogP contribution in [0.5, 0.6) is 0 Å². The number of piperidine rings is 1. The van der Waals surface area contributed by atoms with Crippen LogP contribution >= 0.6 is 0 Å². The third-order valence-corrected chi connectivity index (χ3v) is 4.94. The van der Waals surface area contributed by atoms with E-state index in [4.69, 9.17) is 0 Å². The fraction of sp³-hybridized carbons (Fsp3) is 0.556. The number of nitrogens with one attached hydrogen (secondary N) is 2. The van der Waals surface area contributed by atoms with Crippen molar-refractivity contribution in [1.82, 2.24) is 10.2 Å². The Morgan fingerprint density at radius 2 is 2.00 bits per heavy atom. The highest BCUT2D eigenvalue weighted by Gasteiger charge is 2.32. The molecule has 2 aliphatic rings. The Hall–Kier alpha value is -1.88. The predicted octanol–water partition coefficient (Wildman–Crippen LogP) is 2.13. The summed E-state index contributed by atoms with van der Waals surface area (Å²) in [5.41, 5.74) is 2.28. The van der Waals surface area contributed by atoms with E-state index in [-0.39, 0.29) is 23.3 Å². The summed E-state index contributed by atoms with van der Waals surface area (Å²) in [6.07, 6.45) is 2.43. The molecule has 0 aromatic heterocycles. The zero-order valence-corrected chi connectivity index (χ0v) is 14.1. The van der Waals surface area contributed by atoms with E-state index in [9.17, 15) is 9.59 Å². The van der Waals surface area contributed by atoms with Gasteiger partial charge in [0, 0.05) is 29.1 Å². The average molecular weight is 315 g/mol. The second-order valence-electron chi connectivity index (χ2n) is 7.42. The van der Waals surface area contributed by atoms with Crippen molar-refractivity contribution in [2.24, 2.45) is 0 Å². The first kappa shape index (κ1) is 16.0. The summed E-state index contributed by atoms with van der Waals surface area (Å²) < 4.78 is 0. The van der Waals surface area contributed by atoms with E-state index >= 15 is 0 Å². The van der Waals surface area contributed by atoms with Gasteiger partial charge in [0.15, 0.2) is 0 Å². The largest absolute Gasteiger partial charge is 0.349 e. The standard InChI is InChI=1S/C18H25N3O2/c1-18(2)11-16(22)20-15-5-4-12(10-14(15)18)17(23)19-13-6-8-21(3)9-7-13/h4-5,10,13H,6-9,11H2,1-3H3,(H,19,23)(H,20,22). The summed E-state index contributed by atoms with van der Waals surface area (Å²) in [5.74, 6) is 0.0149. The molecule has 5 nitrogen and oxygen atoms in total. The first-order chi connectivity index (χ1) is 10.8. The highest BCUT2D eigenvalue weighted by molar-refractivity contribution is 5.99. The van der Waals surface area contributed by atoms with Crippen LogP contribution in [0.4, 0.5) is 5.69 Å². The summed E-state index contributed by atoms with van der Waals surface area (Å²) in [6.45, 7) is 6.13. The van der Waals surface area contributed by atoms with Gasteiger partial charge < -0.3 is 15.5 Å². The topological polar surface area (TPSA) is 61.4 Å². The molecule has 0 spiro atoms. The molecule has 124 valence electrons. The van der Waals surface area contributed by atoms with Gasteiger partial charge in [0.25, 0.3) is 5.91 Å². The van der Waals surface area contributed by atoms with Gasteiger partial charge in [0.05, 0.1) is 0 Å². The molecule has 5 heteroatoms. The molecule has 0 atom stereocenters. The van der Waals surface area contributed by atoms with E-state index in [1.165, 1.54) is 0 Å². The highest BCUT2D eigenvalue weighted by Crippen LogP contribution is 2.37. The van der Waals surface area contributed by atoms with Crippen molar-refractivity contribution >= 4 is 17.5 Å². The molecule has 2 N–H and O–H groups in total. The summed E-state index contributed by atoms with van der Waals surface area (Å²) in [5, 5.41) is 6.04. The van der Waals surface area contributed by atoms with E-state index in [1.54, 1.807) is 6.07 Å². The van der Waals surface area contributed by atoms with Gasteiger partial charge in [-0.05, 0) is 56.7 Å². The van der Waals surface area contributed by atoms with Crippen LogP contribution in [0.25, 0.3) is 0 Å². The van der Waals surface area contributed by atoms with Crippen LogP contribution in [0.3, 0.4) is 0 Å². The van der Waals surface area contributed by atoms with Crippen molar-refractivity contribution in [1.29, 1.82) is 0 Å². The Bertz CT molecular complexity index is 631. The molecule has 0 radical (unpaired) electrons. The molecule has 2 amide bonds. The molecule has 0 saturated carbocycles. The van der Waals surface area contributed by atoms with E-state index in [2.05, 4.69) is 22.6 Å². The van der Waals surface area contributed by atoms with Crippen LogP contribution in [0, 0.1) is 0 Å². The van der Waals surface area contributed by atoms with Gasteiger partial charge in [-0.25, -0.2) is 0 Å². The quantitative estimate of drug-likeness (QED) is 0.879. The van der Waals surface area contributed by atoms with Crippen molar-refractivity contribution in [3.8, 4) is 0 Å². The normalized spacial score (nSPS) is 21.4. The molecular formula is C18H25N3O2. The van der Waals surface area contributed by atoms with Crippen molar-refractivity contribution < 1.29 is 9.59 Å². The van der Waals surface area contributed by atoms with E-state index in [0.717, 1.165) is 37.2 Å². The lowest BCUT2D eigenvalue weighted by atomic mass is 9.77. The lowest BCUT2D eigenvalue weighted by Gasteiger charge is -2.32. The monoisotopic (exact) mass is 315 g/mol. The van der Waals surface area contributed by atoms with E-state index in [0.29, 0.717) is 12.0 Å². The Kier molecular flexibility index (Phi) is 4.15. The number of hydrogen-bond acceptors (Lipinski definition) is 3. The molecule has 0 unspecified atom stereocenters. The van der Waals surface area contributed by atoms with E-state index < -0.39 is 0 Å². The van der Waals surface area contributed by atoms with Gasteiger partial charge >= 0.3 is 0 Å². The lowest BCUT2D eigenvalue weighted by molar-refractivity contribution is -0.117. The maximum absolute atomic E-state index is 12.5. The summed E-state index contributed by atoms with van der Waals surface area (Å²) >= 11 is 0. The molecule has 1 fully saturated rings. The average Bonchev–Trinajstić information content (AvgIpc) is 2.48. The summed E-state index contributed by atoms with van der Waals surface area (Å²) in [6, 6.07) is 5.82. The van der Waals surface area contributed by atoms with Gasteiger partial charge in [-0.1, -0.05) is 13.8 Å². The van der Waals surface area contributed by atoms with Gasteiger partial charge in [0.2, 0.25) is 5.91 Å². The minimum atomic E-state index is -0.249. The van der Waals surface area contributed by atoms with Crippen LogP contribution in [0.1, 0.15) is 49.0 Å². The third-order valence-electron chi connectivity index (χ3n) is 4.94. The van der Waals surface area contributed by atoms with Crippen molar-refractivity contribution in [3.05, 3.63) is 29.3 Å². The highest BCUT2D eigenvalue weighted by atomic mass is 16.2. The number of amides is 2. The van der Waals surface area contributed by atoms with E-state index in [1.807, 2.05) is 26.0 Å².